The summed E-state index contributed by atoms with van der Waals surface area (Å²) in [6.45, 7) is 8.19. The Morgan fingerprint density at radius 3 is 1.64 bits per heavy atom. The summed E-state index contributed by atoms with van der Waals surface area (Å²) in [4.78, 5) is 54.1. The molecule has 3 atom stereocenters. The molecular weight excluding hydrogens is 389 g/mol. The van der Waals surface area contributed by atoms with Gasteiger partial charge in [-0.3, -0.25) is 4.79 Å². The molecule has 0 spiro atoms. The van der Waals surface area contributed by atoms with E-state index in [1.165, 1.54) is 19.8 Å². The zero-order valence-corrected chi connectivity index (χ0v) is 15.9. The van der Waals surface area contributed by atoms with Crippen LogP contribution in [0.15, 0.2) is 0 Å². The van der Waals surface area contributed by atoms with Crippen molar-refractivity contribution in [3.63, 3.8) is 0 Å². The molecule has 1 rings (SSSR count). The minimum atomic E-state index is -4.64. The number of hydrogen-bond acceptors (Lipinski definition) is 4. The van der Waals surface area contributed by atoms with Gasteiger partial charge in [0.15, 0.2) is 0 Å². The van der Waals surface area contributed by atoms with Gasteiger partial charge in [-0.15, -0.1) is 0 Å². The summed E-state index contributed by atoms with van der Waals surface area (Å²) in [5, 5.41) is 0. The van der Waals surface area contributed by atoms with Crippen molar-refractivity contribution in [1.29, 1.82) is 0 Å². The molecule has 0 aromatic heterocycles. The van der Waals surface area contributed by atoms with E-state index in [-0.39, 0.29) is 41.6 Å². The van der Waals surface area contributed by atoms with Crippen LogP contribution in [0.1, 0.15) is 47.0 Å². The Labute approximate surface area is 169 Å². The summed E-state index contributed by atoms with van der Waals surface area (Å²) in [6, 6.07) is 0. The second-order valence-electron chi connectivity index (χ2n) is 6.00. The maximum atomic E-state index is 11.0. The molecule has 148 valence electrons. The van der Waals surface area contributed by atoms with Gasteiger partial charge in [-0.1, -0.05) is 27.2 Å². The van der Waals surface area contributed by atoms with Crippen LogP contribution in [-0.4, -0.2) is 71.0 Å². The first-order chi connectivity index (χ1) is 10.5. The summed E-state index contributed by atoms with van der Waals surface area (Å²) in [5.41, 5.74) is 0. The number of hydrogen-bond donors (Lipinski definition) is 6. The summed E-state index contributed by atoms with van der Waals surface area (Å²) < 4.78 is 23.2. The molecule has 25 heavy (non-hydrogen) atoms. The van der Waals surface area contributed by atoms with Crippen LogP contribution in [0.25, 0.3) is 0 Å². The van der Waals surface area contributed by atoms with Crippen LogP contribution in [0.3, 0.4) is 0 Å². The van der Waals surface area contributed by atoms with E-state index in [0.29, 0.717) is 17.8 Å². The molecule has 6 N–H and O–H groups in total. The molecule has 10 nitrogen and oxygen atoms in total. The fourth-order valence-electron chi connectivity index (χ4n) is 2.46. The molecule has 1 saturated carbocycles. The number of rotatable bonds is 2. The van der Waals surface area contributed by atoms with Gasteiger partial charge in [-0.05, 0) is 30.6 Å². The standard InChI is InChI=1S/C12H22O2.Na.2H3O4P.H/c1-8(2)11-6-5-9(3)7-12(11)14-10(4)13;;2*1-5(2,3)4;/h8-9,11-12H,5-7H2,1-4H3;;2*(H3,1,2,3,4);/t9-,11+,12-;;;;/m1..../s1. The van der Waals surface area contributed by atoms with Gasteiger partial charge < -0.3 is 34.1 Å². The van der Waals surface area contributed by atoms with Crippen molar-refractivity contribution in [2.24, 2.45) is 17.8 Å². The molecule has 13 heteroatoms. The van der Waals surface area contributed by atoms with Crippen molar-refractivity contribution in [1.82, 2.24) is 0 Å². The fourth-order valence-corrected chi connectivity index (χ4v) is 2.46. The number of esters is 1. The zero-order chi connectivity index (χ0) is 19.7. The Bertz CT molecular complexity index is 424. The Balaban J connectivity index is -0.000000368. The number of carbonyl (C=O) groups excluding carboxylic acids is 1. The van der Waals surface area contributed by atoms with Crippen LogP contribution < -0.4 is 0 Å². The van der Waals surface area contributed by atoms with E-state index in [2.05, 4.69) is 20.8 Å². The summed E-state index contributed by atoms with van der Waals surface area (Å²) in [6.07, 6.45) is 3.69. The van der Waals surface area contributed by atoms with Crippen LogP contribution in [0.2, 0.25) is 0 Å². The third kappa shape index (κ3) is 27.0. The molecule has 0 saturated heterocycles. The van der Waals surface area contributed by atoms with E-state index in [4.69, 9.17) is 43.2 Å². The Kier molecular flexibility index (Phi) is 16.8. The molecule has 0 heterocycles. The van der Waals surface area contributed by atoms with Gasteiger partial charge in [0, 0.05) is 6.92 Å². The number of phosphoric acid groups is 2. The minimum absolute atomic E-state index is 0. The maximum absolute atomic E-state index is 11.0. The quantitative estimate of drug-likeness (QED) is 0.210. The molecule has 0 radical (unpaired) electrons. The fraction of sp³-hybridized carbons (Fsp3) is 0.917. The van der Waals surface area contributed by atoms with Gasteiger partial charge >= 0.3 is 51.2 Å². The second-order valence-corrected chi connectivity index (χ2v) is 8.05. The average molecular weight is 418 g/mol. The molecule has 0 bridgehead atoms. The van der Waals surface area contributed by atoms with Crippen LogP contribution in [-0.2, 0) is 18.7 Å². The number of ether oxygens (including phenoxy) is 1. The van der Waals surface area contributed by atoms with E-state index in [9.17, 15) is 4.79 Å². The van der Waals surface area contributed by atoms with Crippen molar-refractivity contribution in [2.45, 2.75) is 53.1 Å². The first-order valence-electron chi connectivity index (χ1n) is 7.24. The predicted molar refractivity (Wildman–Crippen MR) is 92.6 cm³/mol. The number of carbonyl (C=O) groups is 1. The topological polar surface area (TPSA) is 182 Å². The predicted octanol–water partition coefficient (Wildman–Crippen LogP) is 0.505. The second kappa shape index (κ2) is 13.8. The van der Waals surface area contributed by atoms with Crippen molar-refractivity contribution in [3.8, 4) is 0 Å². The van der Waals surface area contributed by atoms with Gasteiger partial charge in [0.1, 0.15) is 6.10 Å². The summed E-state index contributed by atoms with van der Waals surface area (Å²) >= 11 is 0. The SMILES string of the molecule is CC(=O)O[C@@H]1C[C@H](C)CC[C@H]1C(C)C.O=P(O)(O)O.O=P(O)(O)O.[NaH]. The molecular formula is C12H29NaO10P2. The van der Waals surface area contributed by atoms with Crippen LogP contribution in [0.4, 0.5) is 0 Å². The van der Waals surface area contributed by atoms with E-state index in [1.807, 2.05) is 0 Å². The first kappa shape index (κ1) is 30.4. The third-order valence-electron chi connectivity index (χ3n) is 3.28. The van der Waals surface area contributed by atoms with Gasteiger partial charge in [0.25, 0.3) is 0 Å². The van der Waals surface area contributed by atoms with E-state index in [1.54, 1.807) is 0 Å². The van der Waals surface area contributed by atoms with E-state index < -0.39 is 15.6 Å². The van der Waals surface area contributed by atoms with Gasteiger partial charge in [-0.25, -0.2) is 9.13 Å². The van der Waals surface area contributed by atoms with Crippen LogP contribution in [0.5, 0.6) is 0 Å². The van der Waals surface area contributed by atoms with Crippen molar-refractivity contribution in [3.05, 3.63) is 0 Å². The van der Waals surface area contributed by atoms with Crippen molar-refractivity contribution in [2.75, 3.05) is 0 Å². The molecule has 0 unspecified atom stereocenters. The van der Waals surface area contributed by atoms with E-state index in [0.717, 1.165) is 6.42 Å². The van der Waals surface area contributed by atoms with Crippen molar-refractivity contribution >= 4 is 51.2 Å². The third-order valence-corrected chi connectivity index (χ3v) is 3.28. The van der Waals surface area contributed by atoms with E-state index >= 15 is 0 Å². The van der Waals surface area contributed by atoms with Crippen LogP contribution >= 0.6 is 15.6 Å². The summed E-state index contributed by atoms with van der Waals surface area (Å²) in [7, 11) is -9.28. The molecule has 0 aromatic carbocycles. The van der Waals surface area contributed by atoms with Gasteiger partial charge in [0.05, 0.1) is 0 Å². The molecule has 1 aliphatic rings. The van der Waals surface area contributed by atoms with Gasteiger partial charge in [0.2, 0.25) is 0 Å². The monoisotopic (exact) mass is 418 g/mol. The molecule has 0 amide bonds. The Morgan fingerprint density at radius 1 is 1.00 bits per heavy atom. The molecule has 1 aliphatic carbocycles. The van der Waals surface area contributed by atoms with Crippen LogP contribution in [0, 0.1) is 17.8 Å². The molecule has 0 aromatic rings. The normalized spacial score (nSPS) is 23.2. The molecule has 0 aliphatic heterocycles. The Morgan fingerprint density at radius 2 is 1.36 bits per heavy atom. The Hall–Kier alpha value is 0.690. The average Bonchev–Trinajstić information content (AvgIpc) is 2.22. The van der Waals surface area contributed by atoms with Gasteiger partial charge in [-0.2, -0.15) is 0 Å². The van der Waals surface area contributed by atoms with Crippen molar-refractivity contribution < 1.29 is 48.0 Å². The zero-order valence-electron chi connectivity index (χ0n) is 14.1. The first-order valence-corrected chi connectivity index (χ1v) is 10.4. The summed E-state index contributed by atoms with van der Waals surface area (Å²) in [5.74, 6) is 1.76. The molecule has 1 fully saturated rings.